The average molecular weight is 1790 g/mol. The van der Waals surface area contributed by atoms with Gasteiger partial charge in [0.15, 0.2) is 0 Å². The van der Waals surface area contributed by atoms with Gasteiger partial charge in [-0.25, -0.2) is 0 Å². The molecule has 2 aromatic heterocycles. The SMILES string of the molecule is CCCC[C@H]1C(=O)N(C)CC(=O)N[C@@H](CC(=O)O)C(=O)N[C@@H](C(C)C)C(=O)N(C)[C@@H](Cc2ccccc2)C(=O)N[C@@H](Cc2ccc(O)cc2)C(=O)N(C)CC(=O)N[C@@H](Cc2c[nH]c3ccccc23)C(=O)N[C@@H](Cc2ccc(O)cc2)C(=O)N[C@@H](CC(C)C)C(=O)N[C@H](C(=O)NCC(N)O)CSCC(=O)N[C@@H](Cc2ccco2)C(=O)N(C)[C@@H](Cc2ccccc2)C(=O)N1C. The molecule has 3 heterocycles. The standard InChI is InChI=1S/C91H118N16O20S/c1-11-12-29-72-89(124)104(7)50-77(112)96-68(46-79(114)115)85(120)102-80(54(4)5)91(126)106(9)73(42-55-22-15-13-16-23-55)86(121)100-69(41-58-32-36-61(109)37-33-58)87(122)103(6)49-76(111)95-67(44-59-47-93-64-28-20-19-27-63(59)64)84(119)99-66(40-57-30-34-60(108)35-31-57)83(118)98-65(39-53(2)3)82(117)101-71(81(116)94-48-75(92)110)51-128-52-78(113)97-70(45-62-26-21-38-127-62)88(123)107(10)74(90(125)105(72)8)43-56-24-17-14-18-25-56/h13-28,30-38,47,53-54,65-75,80,93,108-110H,11-12,29,39-46,48-52,92H2,1-10H3,(H,94,116)(H,95,111)(H,96,112)(H,97,113)(H,98,118)(H,99,119)(H,100,121)(H,101,117)(H,102,120)(H,114,115)/t65-,66-,67-,68-,69-,70-,71-,72-,73-,74-,75?,80-/m0/s1. The van der Waals surface area contributed by atoms with Gasteiger partial charge >= 0.3 is 5.97 Å². The van der Waals surface area contributed by atoms with Crippen LogP contribution in [0.4, 0.5) is 0 Å². The molecule has 1 aliphatic heterocycles. The second-order valence-corrected chi connectivity index (χ2v) is 33.8. The van der Waals surface area contributed by atoms with Gasteiger partial charge in [-0.1, -0.05) is 151 Å². The Balaban J connectivity index is 1.21. The number of aliphatic hydroxyl groups is 1. The van der Waals surface area contributed by atoms with Crippen LogP contribution in [0, 0.1) is 11.8 Å². The number of amides is 14. The Hall–Kier alpha value is -13.2. The lowest BCUT2D eigenvalue weighted by Crippen LogP contribution is -2.61. The molecule has 8 rings (SSSR count). The third-order valence-electron chi connectivity index (χ3n) is 21.8. The number of aliphatic hydroxyl groups excluding tert-OH is 1. The van der Waals surface area contributed by atoms with Gasteiger partial charge < -0.3 is 108 Å². The molecule has 1 unspecified atom stereocenters. The van der Waals surface area contributed by atoms with Gasteiger partial charge in [0.05, 0.1) is 38.1 Å². The molecule has 36 nitrogen and oxygen atoms in total. The summed E-state index contributed by atoms with van der Waals surface area (Å²) in [5.74, 6) is -16.3. The van der Waals surface area contributed by atoms with Crippen LogP contribution in [0.5, 0.6) is 11.5 Å². The smallest absolute Gasteiger partial charge is 0.305 e. The van der Waals surface area contributed by atoms with Crippen LogP contribution in [0.25, 0.3) is 10.9 Å². The number of fused-ring (bicyclic) bond motifs is 1. The number of nitrogens with two attached hydrogens (primary N) is 1. The summed E-state index contributed by atoms with van der Waals surface area (Å²) in [5.41, 5.74) is 8.71. The number of unbranched alkanes of at least 4 members (excludes halogenated alkanes) is 1. The fourth-order valence-electron chi connectivity index (χ4n) is 14.8. The summed E-state index contributed by atoms with van der Waals surface area (Å²) in [5, 5.41) is 65.7. The van der Waals surface area contributed by atoms with E-state index in [2.05, 4.69) is 52.8 Å². The highest BCUT2D eigenvalue weighted by Crippen LogP contribution is 2.25. The molecule has 5 aromatic carbocycles. The third-order valence-corrected chi connectivity index (χ3v) is 22.8. The number of aliphatic carboxylic acids is 1. The number of likely N-dealkylation sites (N-methyl/N-ethyl adjacent to an activating group) is 5. The molecular formula is C91H118N16O20S. The predicted octanol–water partition coefficient (Wildman–Crippen LogP) is 1.71. The van der Waals surface area contributed by atoms with Crippen molar-refractivity contribution < 1.29 is 96.8 Å². The summed E-state index contributed by atoms with van der Waals surface area (Å²) in [6.07, 6.45) is -0.277. The van der Waals surface area contributed by atoms with E-state index in [4.69, 9.17) is 10.2 Å². The molecule has 7 aromatic rings. The summed E-state index contributed by atoms with van der Waals surface area (Å²) in [7, 11) is 6.49. The largest absolute Gasteiger partial charge is 0.508 e. The van der Waals surface area contributed by atoms with Crippen LogP contribution in [0.1, 0.15) is 100 Å². The van der Waals surface area contributed by atoms with Crippen molar-refractivity contribution in [2.45, 2.75) is 178 Å². The van der Waals surface area contributed by atoms with Crippen LogP contribution in [-0.2, 0) is 110 Å². The van der Waals surface area contributed by atoms with Crippen molar-refractivity contribution in [2.24, 2.45) is 17.6 Å². The van der Waals surface area contributed by atoms with Crippen molar-refractivity contribution >= 4 is 111 Å². The lowest BCUT2D eigenvalue weighted by atomic mass is 9.98. The Labute approximate surface area is 746 Å². The zero-order valence-electron chi connectivity index (χ0n) is 73.5. The van der Waals surface area contributed by atoms with Crippen molar-refractivity contribution in [3.05, 3.63) is 192 Å². The highest BCUT2D eigenvalue weighted by molar-refractivity contribution is 8.00. The van der Waals surface area contributed by atoms with Crippen LogP contribution in [-0.4, -0.2) is 278 Å². The van der Waals surface area contributed by atoms with E-state index in [9.17, 15) is 58.8 Å². The number of furan rings is 1. The number of nitrogens with one attached hydrogen (secondary N) is 10. The zero-order chi connectivity index (χ0) is 93.6. The van der Waals surface area contributed by atoms with Crippen molar-refractivity contribution in [1.82, 2.24) is 77.3 Å². The van der Waals surface area contributed by atoms with Gasteiger partial charge in [-0.2, -0.15) is 0 Å². The minimum absolute atomic E-state index is 0.0243. The monoisotopic (exact) mass is 1790 g/mol. The molecule has 1 saturated heterocycles. The number of phenolic OH excluding ortho intramolecular Hbond substituents is 2. The molecule has 0 spiro atoms. The van der Waals surface area contributed by atoms with E-state index in [0.717, 1.165) is 36.3 Å². The molecule has 0 bridgehead atoms. The molecule has 12 atom stereocenters. The van der Waals surface area contributed by atoms with Crippen LogP contribution >= 0.6 is 11.8 Å². The Bertz CT molecular complexity index is 4960. The number of rotatable bonds is 23. The Kier molecular flexibility index (Phi) is 38.0. The topological polar surface area (TPSA) is 516 Å². The minimum Gasteiger partial charge on any atom is -0.508 e. The van der Waals surface area contributed by atoms with Crippen LogP contribution in [0.3, 0.4) is 0 Å². The van der Waals surface area contributed by atoms with Gasteiger partial charge in [-0.3, -0.25) is 71.9 Å². The molecule has 37 heteroatoms. The summed E-state index contributed by atoms with van der Waals surface area (Å²) >= 11 is 0.830. The second kappa shape index (κ2) is 48.5. The number of para-hydroxylation sites is 1. The number of benzene rings is 5. The van der Waals surface area contributed by atoms with E-state index in [-0.39, 0.29) is 80.3 Å². The van der Waals surface area contributed by atoms with Gasteiger partial charge in [0.1, 0.15) is 89.9 Å². The van der Waals surface area contributed by atoms with Crippen molar-refractivity contribution in [3.63, 3.8) is 0 Å². The first-order chi connectivity index (χ1) is 60.9. The Morgan fingerprint density at radius 1 is 0.500 bits per heavy atom. The van der Waals surface area contributed by atoms with Crippen molar-refractivity contribution in [2.75, 3.05) is 66.4 Å². The molecular weight excluding hydrogens is 1670 g/mol. The maximum Gasteiger partial charge on any atom is 0.305 e. The first kappa shape index (κ1) is 100. The number of carboxylic acid groups (broad SMARTS) is 1. The molecule has 128 heavy (non-hydrogen) atoms. The van der Waals surface area contributed by atoms with Crippen LogP contribution in [0.15, 0.2) is 162 Å². The maximum atomic E-state index is 15.5. The maximum absolute atomic E-state index is 15.5. The molecule has 1 aliphatic rings. The van der Waals surface area contributed by atoms with Crippen molar-refractivity contribution in [1.29, 1.82) is 0 Å². The number of aromatic nitrogens is 1. The number of nitrogens with zero attached hydrogens (tertiary/aromatic N) is 5. The number of aromatic amines is 1. The normalized spacial score (nSPS) is 22.3. The number of thioether (sulfide) groups is 1. The molecule has 688 valence electrons. The number of hydrogen-bond acceptors (Lipinski definition) is 21. The van der Waals surface area contributed by atoms with Gasteiger partial charge in [0.25, 0.3) is 0 Å². The molecule has 0 aliphatic carbocycles. The fourth-order valence-corrected chi connectivity index (χ4v) is 15.6. The highest BCUT2D eigenvalue weighted by Gasteiger charge is 2.42. The average Bonchev–Trinajstić information content (AvgIpc) is 1.81. The lowest BCUT2D eigenvalue weighted by Gasteiger charge is -2.37. The minimum atomic E-state index is -1.91. The Morgan fingerprint density at radius 2 is 0.992 bits per heavy atom. The van der Waals surface area contributed by atoms with Crippen LogP contribution in [0.2, 0.25) is 0 Å². The predicted molar refractivity (Wildman–Crippen MR) is 475 cm³/mol. The first-order valence-corrected chi connectivity index (χ1v) is 43.5. The van der Waals surface area contributed by atoms with Gasteiger partial charge in [-0.15, -0.1) is 11.8 Å². The fraction of sp³-hybridized carbons (Fsp3) is 0.440. The van der Waals surface area contributed by atoms with Gasteiger partial charge in [-0.05, 0) is 95.0 Å². The quantitative estimate of drug-likeness (QED) is 0.0405. The third kappa shape index (κ3) is 30.0. The van der Waals surface area contributed by atoms with Gasteiger partial charge in [0.2, 0.25) is 82.7 Å². The second-order valence-electron chi connectivity index (χ2n) is 32.8. The number of carbonyl (C=O) groups excluding carboxylic acids is 14. The van der Waals surface area contributed by atoms with Crippen LogP contribution < -0.4 is 53.6 Å². The summed E-state index contributed by atoms with van der Waals surface area (Å²) < 4.78 is 5.67. The zero-order valence-corrected chi connectivity index (χ0v) is 74.3. The van der Waals surface area contributed by atoms with E-state index in [1.54, 1.807) is 131 Å². The van der Waals surface area contributed by atoms with E-state index >= 15 is 33.6 Å². The number of H-pyrrole nitrogens is 1. The Morgan fingerprint density at radius 3 is 1.55 bits per heavy atom. The first-order valence-electron chi connectivity index (χ1n) is 42.3. The lowest BCUT2D eigenvalue weighted by molar-refractivity contribution is -0.151. The molecule has 0 saturated carbocycles. The van der Waals surface area contributed by atoms with E-state index in [0.29, 0.717) is 51.6 Å². The molecule has 0 radical (unpaired) electrons. The number of phenols is 2. The molecule has 1 fully saturated rings. The van der Waals surface area contributed by atoms with Gasteiger partial charge in [0, 0.05) is 96.6 Å². The van der Waals surface area contributed by atoms with Crippen molar-refractivity contribution in [3.8, 4) is 11.5 Å². The van der Waals surface area contributed by atoms with E-state index in [1.165, 1.54) is 90.0 Å². The molecule has 16 N–H and O–H groups in total. The number of carboxylic acids is 1. The highest BCUT2D eigenvalue weighted by atomic mass is 32.2. The number of carbonyl (C=O) groups is 15. The van der Waals surface area contributed by atoms with E-state index in [1.807, 2.05) is 6.92 Å². The summed E-state index contributed by atoms with van der Waals surface area (Å²) in [6.45, 7) is 6.36. The number of aromatic hydroxyl groups is 2. The van der Waals surface area contributed by atoms with E-state index < -0.39 is 199 Å². The summed E-state index contributed by atoms with van der Waals surface area (Å²) in [4.78, 5) is 231. The molecule has 14 amide bonds. The summed E-state index contributed by atoms with van der Waals surface area (Å²) in [6, 6.07) is 21.7. The number of hydrogen-bond donors (Lipinski definition) is 15.